The molecule has 1 atom stereocenters. The third kappa shape index (κ3) is 4.19. The van der Waals surface area contributed by atoms with E-state index in [2.05, 4.69) is 35.5 Å². The van der Waals surface area contributed by atoms with Crippen molar-refractivity contribution in [2.75, 3.05) is 0 Å². The maximum atomic E-state index is 13.2. The molecule has 1 amide bonds. The summed E-state index contributed by atoms with van der Waals surface area (Å²) in [6.07, 6.45) is 6.36. The van der Waals surface area contributed by atoms with Crippen LogP contribution in [0.2, 0.25) is 10.0 Å². The highest BCUT2D eigenvalue weighted by Crippen LogP contribution is 2.30. The van der Waals surface area contributed by atoms with Crippen molar-refractivity contribution in [3.8, 4) is 5.69 Å². The van der Waals surface area contributed by atoms with Crippen LogP contribution in [0.3, 0.4) is 0 Å². The van der Waals surface area contributed by atoms with Crippen molar-refractivity contribution < 1.29 is 4.79 Å². The fourth-order valence-corrected chi connectivity index (χ4v) is 4.58. The molecule has 1 heterocycles. The number of fused-ring (bicyclic) bond motifs is 1. The van der Waals surface area contributed by atoms with E-state index in [9.17, 15) is 4.79 Å². The molecule has 29 heavy (non-hydrogen) atoms. The van der Waals surface area contributed by atoms with Gasteiger partial charge in [-0.3, -0.25) is 4.79 Å². The predicted molar refractivity (Wildman–Crippen MR) is 117 cm³/mol. The maximum Gasteiger partial charge on any atom is 0.255 e. The summed E-state index contributed by atoms with van der Waals surface area (Å²) in [6.45, 7) is 2.08. The molecule has 1 aliphatic rings. The lowest BCUT2D eigenvalue weighted by atomic mass is 9.87. The molecule has 0 fully saturated rings. The lowest BCUT2D eigenvalue weighted by molar-refractivity contribution is 0.0931. The van der Waals surface area contributed by atoms with E-state index in [0.717, 1.165) is 43.5 Å². The number of nitrogens with one attached hydrogen (secondary N) is 1. The van der Waals surface area contributed by atoms with Crippen LogP contribution in [-0.4, -0.2) is 15.7 Å². The van der Waals surface area contributed by atoms with E-state index in [1.807, 2.05) is 6.07 Å². The molecule has 0 spiro atoms. The summed E-state index contributed by atoms with van der Waals surface area (Å²) in [4.78, 5) is 13.2. The average Bonchev–Trinajstić information content (AvgIpc) is 3.12. The molecule has 0 aliphatic heterocycles. The molecule has 0 radical (unpaired) electrons. The molecule has 0 bridgehead atoms. The van der Waals surface area contributed by atoms with E-state index >= 15 is 0 Å². The van der Waals surface area contributed by atoms with Crippen molar-refractivity contribution in [1.29, 1.82) is 0 Å². The normalized spacial score (nSPS) is 15.8. The highest BCUT2D eigenvalue weighted by atomic mass is 35.5. The standard InChI is InChI=1S/C23H23Cl2N3O/c1-2-6-22-20(14-26-28(22)18-12-16(24)11-17(25)13-18)23(29)27-21-10-5-8-15-7-3-4-9-19(15)21/h3-4,7,9,11-14,21H,2,5-6,8,10H2,1H3,(H,27,29)/t21-/m1/s1. The van der Waals surface area contributed by atoms with Crippen LogP contribution in [0.4, 0.5) is 0 Å². The quantitative estimate of drug-likeness (QED) is 0.547. The number of amides is 1. The Kier molecular flexibility index (Phi) is 5.93. The van der Waals surface area contributed by atoms with E-state index in [1.54, 1.807) is 29.1 Å². The number of halogens is 2. The summed E-state index contributed by atoms with van der Waals surface area (Å²) in [7, 11) is 0. The predicted octanol–water partition coefficient (Wildman–Crippen LogP) is 5.94. The molecular formula is C23H23Cl2N3O. The van der Waals surface area contributed by atoms with Gasteiger partial charge in [-0.15, -0.1) is 0 Å². The number of carbonyl (C=O) groups excluding carboxylic acids is 1. The molecule has 1 aromatic heterocycles. The van der Waals surface area contributed by atoms with Crippen LogP contribution >= 0.6 is 23.2 Å². The molecule has 0 unspecified atom stereocenters. The van der Waals surface area contributed by atoms with Crippen LogP contribution in [0.1, 0.15) is 59.4 Å². The Hall–Kier alpha value is -2.30. The van der Waals surface area contributed by atoms with Gasteiger partial charge in [0.05, 0.1) is 29.2 Å². The zero-order valence-electron chi connectivity index (χ0n) is 16.3. The fourth-order valence-electron chi connectivity index (χ4n) is 4.06. The first-order valence-corrected chi connectivity index (χ1v) is 10.7. The molecule has 0 saturated carbocycles. The zero-order chi connectivity index (χ0) is 20.4. The second kappa shape index (κ2) is 8.60. The maximum absolute atomic E-state index is 13.2. The van der Waals surface area contributed by atoms with E-state index in [-0.39, 0.29) is 11.9 Å². The Morgan fingerprint density at radius 3 is 2.72 bits per heavy atom. The van der Waals surface area contributed by atoms with Gasteiger partial charge in [0.2, 0.25) is 0 Å². The SMILES string of the molecule is CCCc1c(C(=O)N[C@@H]2CCCc3ccccc32)cnn1-c1cc(Cl)cc(Cl)c1. The minimum atomic E-state index is -0.0884. The molecule has 2 aromatic carbocycles. The summed E-state index contributed by atoms with van der Waals surface area (Å²) in [5, 5.41) is 8.79. The molecule has 1 N–H and O–H groups in total. The summed E-state index contributed by atoms with van der Waals surface area (Å²) in [5.41, 5.74) is 4.77. The van der Waals surface area contributed by atoms with Crippen molar-refractivity contribution in [2.24, 2.45) is 0 Å². The van der Waals surface area contributed by atoms with Crippen molar-refractivity contribution >= 4 is 29.1 Å². The van der Waals surface area contributed by atoms with Crippen LogP contribution in [0.25, 0.3) is 5.69 Å². The van der Waals surface area contributed by atoms with E-state index in [0.29, 0.717) is 15.6 Å². The fraction of sp³-hybridized carbons (Fsp3) is 0.304. The van der Waals surface area contributed by atoms with E-state index < -0.39 is 0 Å². The monoisotopic (exact) mass is 427 g/mol. The number of nitrogens with zero attached hydrogens (tertiary/aromatic N) is 2. The Labute approximate surface area is 180 Å². The highest BCUT2D eigenvalue weighted by molar-refractivity contribution is 6.34. The van der Waals surface area contributed by atoms with Crippen molar-refractivity contribution in [3.05, 3.63) is 81.1 Å². The summed E-state index contributed by atoms with van der Waals surface area (Å²) in [6, 6.07) is 13.7. The number of benzene rings is 2. The summed E-state index contributed by atoms with van der Waals surface area (Å²) in [5.74, 6) is -0.0884. The largest absolute Gasteiger partial charge is 0.345 e. The third-order valence-electron chi connectivity index (χ3n) is 5.37. The first-order chi connectivity index (χ1) is 14.1. The Bertz CT molecular complexity index is 1020. The van der Waals surface area contributed by atoms with E-state index in [1.165, 1.54) is 11.1 Å². The van der Waals surface area contributed by atoms with Gasteiger partial charge in [-0.05, 0) is 55.0 Å². The van der Waals surface area contributed by atoms with Gasteiger partial charge in [0.25, 0.3) is 5.91 Å². The molecule has 1 aliphatic carbocycles. The lowest BCUT2D eigenvalue weighted by Gasteiger charge is -2.26. The lowest BCUT2D eigenvalue weighted by Crippen LogP contribution is -2.31. The van der Waals surface area contributed by atoms with Gasteiger partial charge in [-0.1, -0.05) is 60.8 Å². The van der Waals surface area contributed by atoms with Crippen LogP contribution < -0.4 is 5.32 Å². The minimum absolute atomic E-state index is 0.0332. The first kappa shape index (κ1) is 20.0. The van der Waals surface area contributed by atoms with Gasteiger partial charge >= 0.3 is 0 Å². The topological polar surface area (TPSA) is 46.9 Å². The zero-order valence-corrected chi connectivity index (χ0v) is 17.8. The average molecular weight is 428 g/mol. The summed E-state index contributed by atoms with van der Waals surface area (Å²) < 4.78 is 1.77. The summed E-state index contributed by atoms with van der Waals surface area (Å²) >= 11 is 12.3. The van der Waals surface area contributed by atoms with Gasteiger partial charge in [-0.2, -0.15) is 5.10 Å². The Morgan fingerprint density at radius 2 is 1.97 bits per heavy atom. The second-order valence-corrected chi connectivity index (χ2v) is 8.28. The number of aryl methyl sites for hydroxylation is 1. The van der Waals surface area contributed by atoms with E-state index in [4.69, 9.17) is 23.2 Å². The second-order valence-electron chi connectivity index (χ2n) is 7.41. The molecule has 150 valence electrons. The number of aromatic nitrogens is 2. The smallest absolute Gasteiger partial charge is 0.255 e. The van der Waals surface area contributed by atoms with Crippen molar-refractivity contribution in [2.45, 2.75) is 45.1 Å². The van der Waals surface area contributed by atoms with Crippen LogP contribution in [0.15, 0.2) is 48.7 Å². The molecule has 4 rings (SSSR count). The Morgan fingerprint density at radius 1 is 1.21 bits per heavy atom. The molecular weight excluding hydrogens is 405 g/mol. The molecule has 0 saturated heterocycles. The van der Waals surface area contributed by atoms with Gasteiger partial charge < -0.3 is 5.32 Å². The van der Waals surface area contributed by atoms with Crippen LogP contribution in [0, 0.1) is 0 Å². The van der Waals surface area contributed by atoms with Gasteiger partial charge in [0.1, 0.15) is 0 Å². The molecule has 3 aromatic rings. The first-order valence-electron chi connectivity index (χ1n) is 9.99. The van der Waals surface area contributed by atoms with Crippen LogP contribution in [0.5, 0.6) is 0 Å². The number of hydrogen-bond donors (Lipinski definition) is 1. The van der Waals surface area contributed by atoms with Crippen molar-refractivity contribution in [3.63, 3.8) is 0 Å². The number of hydrogen-bond acceptors (Lipinski definition) is 2. The third-order valence-corrected chi connectivity index (χ3v) is 5.80. The number of rotatable bonds is 5. The van der Waals surface area contributed by atoms with Gasteiger partial charge in [0, 0.05) is 10.0 Å². The van der Waals surface area contributed by atoms with Gasteiger partial charge in [0.15, 0.2) is 0 Å². The highest BCUT2D eigenvalue weighted by Gasteiger charge is 2.24. The Balaban J connectivity index is 1.65. The van der Waals surface area contributed by atoms with Gasteiger partial charge in [-0.25, -0.2) is 4.68 Å². The van der Waals surface area contributed by atoms with Crippen LogP contribution in [-0.2, 0) is 12.8 Å². The molecule has 6 heteroatoms. The van der Waals surface area contributed by atoms with Crippen molar-refractivity contribution in [1.82, 2.24) is 15.1 Å². The molecule has 4 nitrogen and oxygen atoms in total. The minimum Gasteiger partial charge on any atom is -0.345 e. The number of carbonyl (C=O) groups is 1.